The first-order valence-electron chi connectivity index (χ1n) is 9.91. The van der Waals surface area contributed by atoms with Gasteiger partial charge >= 0.3 is 0 Å². The molecule has 0 bridgehead atoms. The van der Waals surface area contributed by atoms with E-state index in [1.807, 2.05) is 0 Å². The second-order valence-electron chi connectivity index (χ2n) is 7.97. The van der Waals surface area contributed by atoms with E-state index in [1.54, 1.807) is 7.05 Å². The maximum Gasteiger partial charge on any atom is 0.191 e. The number of guanidine groups is 1. The molecule has 0 spiro atoms. The number of likely N-dealkylation sites (tertiary alicyclic amines) is 1. The number of sulfone groups is 1. The van der Waals surface area contributed by atoms with Gasteiger partial charge in [0.05, 0.1) is 11.5 Å². The fourth-order valence-electron chi connectivity index (χ4n) is 3.93. The summed E-state index contributed by atoms with van der Waals surface area (Å²) in [5, 5.41) is 6.49. The Labute approximate surface area is 186 Å². The van der Waals surface area contributed by atoms with E-state index < -0.39 is 9.84 Å². The summed E-state index contributed by atoms with van der Waals surface area (Å²) in [6.45, 7) is 6.43. The molecule has 6 nitrogen and oxygen atoms in total. The highest BCUT2D eigenvalue weighted by Crippen LogP contribution is 2.18. The third-order valence-corrected chi connectivity index (χ3v) is 7.20. The molecule has 3 rings (SSSR count). The third-order valence-electron chi connectivity index (χ3n) is 5.43. The van der Waals surface area contributed by atoms with Crippen molar-refractivity contribution in [2.24, 2.45) is 10.9 Å². The van der Waals surface area contributed by atoms with Crippen LogP contribution in [0.2, 0.25) is 0 Å². The van der Waals surface area contributed by atoms with Gasteiger partial charge in [-0.1, -0.05) is 31.2 Å². The molecule has 2 heterocycles. The summed E-state index contributed by atoms with van der Waals surface area (Å²) in [4.78, 5) is 6.75. The van der Waals surface area contributed by atoms with Crippen LogP contribution in [0.3, 0.4) is 0 Å². The number of rotatable bonds is 5. The highest BCUT2D eigenvalue weighted by molar-refractivity contribution is 14.0. The summed E-state index contributed by atoms with van der Waals surface area (Å²) >= 11 is 0. The van der Waals surface area contributed by atoms with Gasteiger partial charge in [-0.25, -0.2) is 8.42 Å². The van der Waals surface area contributed by atoms with Crippen LogP contribution < -0.4 is 10.6 Å². The lowest BCUT2D eigenvalue weighted by Crippen LogP contribution is -2.43. The van der Waals surface area contributed by atoms with Gasteiger partial charge in [-0.15, -0.1) is 24.0 Å². The van der Waals surface area contributed by atoms with E-state index in [-0.39, 0.29) is 41.5 Å². The minimum Gasteiger partial charge on any atom is -0.353 e. The predicted octanol–water partition coefficient (Wildman–Crippen LogP) is 2.39. The van der Waals surface area contributed by atoms with Crippen LogP contribution in [-0.4, -0.2) is 57.0 Å². The number of benzene rings is 1. The molecule has 0 aromatic heterocycles. The molecule has 2 saturated heterocycles. The Morgan fingerprint density at radius 2 is 1.93 bits per heavy atom. The van der Waals surface area contributed by atoms with Crippen molar-refractivity contribution in [2.45, 2.75) is 45.3 Å². The van der Waals surface area contributed by atoms with Crippen LogP contribution in [-0.2, 0) is 22.9 Å². The SMILES string of the molecule is CN=C(NCc1ccc(CN2CCCC(C)C2)cc1)NC1CCS(=O)(=O)C1.I. The molecule has 8 heteroatoms. The largest absolute Gasteiger partial charge is 0.353 e. The summed E-state index contributed by atoms with van der Waals surface area (Å²) in [6.07, 6.45) is 3.30. The Kier molecular flexibility index (Phi) is 9.01. The van der Waals surface area contributed by atoms with Crippen molar-refractivity contribution in [3.05, 3.63) is 35.4 Å². The standard InChI is InChI=1S/C20H32N4O2S.HI/c1-16-4-3-10-24(13-16)14-18-7-5-17(6-8-18)12-22-20(21-2)23-19-9-11-27(25,26)15-19;/h5-8,16,19H,3-4,9-15H2,1-2H3,(H2,21,22,23);1H. The lowest BCUT2D eigenvalue weighted by Gasteiger charge is -2.30. The lowest BCUT2D eigenvalue weighted by molar-refractivity contribution is 0.176. The van der Waals surface area contributed by atoms with E-state index in [0.717, 1.165) is 12.5 Å². The fraction of sp³-hybridized carbons (Fsp3) is 0.650. The molecule has 2 unspecified atom stereocenters. The first kappa shape index (κ1) is 23.4. The molecule has 2 aliphatic rings. The Morgan fingerprint density at radius 1 is 1.21 bits per heavy atom. The van der Waals surface area contributed by atoms with Crippen LogP contribution in [0.15, 0.2) is 29.3 Å². The predicted molar refractivity (Wildman–Crippen MR) is 126 cm³/mol. The van der Waals surface area contributed by atoms with Gasteiger partial charge in [-0.2, -0.15) is 0 Å². The van der Waals surface area contributed by atoms with Crippen molar-refractivity contribution in [2.75, 3.05) is 31.6 Å². The van der Waals surface area contributed by atoms with Gasteiger partial charge in [0, 0.05) is 32.7 Å². The van der Waals surface area contributed by atoms with Gasteiger partial charge in [-0.05, 0) is 42.9 Å². The van der Waals surface area contributed by atoms with E-state index >= 15 is 0 Å². The highest BCUT2D eigenvalue weighted by Gasteiger charge is 2.28. The van der Waals surface area contributed by atoms with Crippen molar-refractivity contribution < 1.29 is 8.42 Å². The van der Waals surface area contributed by atoms with Crippen molar-refractivity contribution >= 4 is 39.8 Å². The van der Waals surface area contributed by atoms with E-state index in [2.05, 4.69) is 51.7 Å². The third kappa shape index (κ3) is 7.18. The van der Waals surface area contributed by atoms with Crippen LogP contribution in [0.25, 0.3) is 0 Å². The minimum absolute atomic E-state index is 0. The van der Waals surface area contributed by atoms with E-state index in [0.29, 0.717) is 18.9 Å². The summed E-state index contributed by atoms with van der Waals surface area (Å²) in [5.74, 6) is 1.91. The molecule has 158 valence electrons. The Morgan fingerprint density at radius 3 is 2.54 bits per heavy atom. The molecule has 2 atom stereocenters. The topological polar surface area (TPSA) is 73.8 Å². The number of hydrogen-bond donors (Lipinski definition) is 2. The first-order chi connectivity index (χ1) is 12.9. The monoisotopic (exact) mass is 520 g/mol. The molecule has 2 N–H and O–H groups in total. The van der Waals surface area contributed by atoms with Crippen molar-refractivity contribution in [1.29, 1.82) is 0 Å². The Balaban J connectivity index is 0.00000280. The van der Waals surface area contributed by atoms with Gasteiger partial charge in [0.2, 0.25) is 0 Å². The van der Waals surface area contributed by atoms with E-state index in [1.165, 1.54) is 37.1 Å². The Hall–Kier alpha value is -0.870. The molecule has 0 radical (unpaired) electrons. The van der Waals surface area contributed by atoms with Crippen LogP contribution in [0.4, 0.5) is 0 Å². The van der Waals surface area contributed by atoms with E-state index in [4.69, 9.17) is 0 Å². The van der Waals surface area contributed by atoms with Gasteiger partial charge in [0.1, 0.15) is 0 Å². The number of piperidine rings is 1. The summed E-state index contributed by atoms with van der Waals surface area (Å²) in [6, 6.07) is 8.67. The quantitative estimate of drug-likeness (QED) is 0.355. The molecule has 1 aromatic carbocycles. The van der Waals surface area contributed by atoms with Crippen LogP contribution in [0.5, 0.6) is 0 Å². The van der Waals surface area contributed by atoms with Crippen LogP contribution in [0.1, 0.15) is 37.3 Å². The molecule has 0 amide bonds. The molecule has 2 fully saturated rings. The zero-order chi connectivity index (χ0) is 19.3. The number of aliphatic imine (C=N–C) groups is 1. The molecule has 2 aliphatic heterocycles. The fourth-order valence-corrected chi connectivity index (χ4v) is 5.61. The average molecular weight is 520 g/mol. The molecule has 0 saturated carbocycles. The molecule has 1 aromatic rings. The Bertz CT molecular complexity index is 752. The second-order valence-corrected chi connectivity index (χ2v) is 10.2. The average Bonchev–Trinajstić information content (AvgIpc) is 2.98. The van der Waals surface area contributed by atoms with Gasteiger partial charge in [-0.3, -0.25) is 9.89 Å². The van der Waals surface area contributed by atoms with Gasteiger partial charge in [0.25, 0.3) is 0 Å². The maximum absolute atomic E-state index is 11.6. The van der Waals surface area contributed by atoms with E-state index in [9.17, 15) is 8.42 Å². The van der Waals surface area contributed by atoms with Crippen LogP contribution >= 0.6 is 24.0 Å². The minimum atomic E-state index is -2.89. The lowest BCUT2D eigenvalue weighted by atomic mass is 9.99. The molecule has 0 aliphatic carbocycles. The normalized spacial score (nSPS) is 25.1. The first-order valence-corrected chi connectivity index (χ1v) is 11.7. The number of nitrogens with one attached hydrogen (secondary N) is 2. The number of nitrogens with zero attached hydrogens (tertiary/aromatic N) is 2. The molecular weight excluding hydrogens is 487 g/mol. The summed E-state index contributed by atoms with van der Waals surface area (Å²) in [5.41, 5.74) is 2.54. The van der Waals surface area contributed by atoms with Crippen molar-refractivity contribution in [3.8, 4) is 0 Å². The van der Waals surface area contributed by atoms with Gasteiger partial charge in [0.15, 0.2) is 15.8 Å². The van der Waals surface area contributed by atoms with Crippen molar-refractivity contribution in [3.63, 3.8) is 0 Å². The highest BCUT2D eigenvalue weighted by atomic mass is 127. The summed E-state index contributed by atoms with van der Waals surface area (Å²) in [7, 11) is -1.18. The molecular formula is C20H33IN4O2S. The molecule has 28 heavy (non-hydrogen) atoms. The van der Waals surface area contributed by atoms with Crippen LogP contribution in [0, 0.1) is 5.92 Å². The van der Waals surface area contributed by atoms with Crippen molar-refractivity contribution in [1.82, 2.24) is 15.5 Å². The zero-order valence-electron chi connectivity index (χ0n) is 16.9. The number of halogens is 1. The maximum atomic E-state index is 11.6. The zero-order valence-corrected chi connectivity index (χ0v) is 20.0. The van der Waals surface area contributed by atoms with Gasteiger partial charge < -0.3 is 10.6 Å². The smallest absolute Gasteiger partial charge is 0.191 e. The number of hydrogen-bond acceptors (Lipinski definition) is 4. The second kappa shape index (κ2) is 10.8. The summed E-state index contributed by atoms with van der Waals surface area (Å²) < 4.78 is 23.2.